The van der Waals surface area contributed by atoms with Crippen LogP contribution < -0.4 is 4.74 Å². The number of aryl methyl sites for hydroxylation is 1. The van der Waals surface area contributed by atoms with Gasteiger partial charge in [-0.05, 0) is 61.3 Å². The molecule has 1 aromatic rings. The van der Waals surface area contributed by atoms with Crippen LogP contribution in [0.2, 0.25) is 5.02 Å². The first-order chi connectivity index (χ1) is 12.8. The SMILES string of the molecule is Cc1cc(Cl)ccc1OCC(=O)OCC(=O)O[C@@H]1C[C@H](C)CC[C@H]1C(C)C. The third kappa shape index (κ3) is 6.73. The van der Waals surface area contributed by atoms with Gasteiger partial charge in [-0.2, -0.15) is 0 Å². The Kier molecular flexibility index (Phi) is 7.96. The molecule has 1 saturated carbocycles. The van der Waals surface area contributed by atoms with Crippen LogP contribution in [0.1, 0.15) is 45.6 Å². The molecule has 0 spiro atoms. The minimum absolute atomic E-state index is 0.104. The average molecular weight is 397 g/mol. The van der Waals surface area contributed by atoms with Crippen molar-refractivity contribution >= 4 is 23.5 Å². The molecule has 2 rings (SSSR count). The van der Waals surface area contributed by atoms with Gasteiger partial charge < -0.3 is 14.2 Å². The Bertz CT molecular complexity index is 658. The van der Waals surface area contributed by atoms with Gasteiger partial charge in [0.25, 0.3) is 0 Å². The monoisotopic (exact) mass is 396 g/mol. The summed E-state index contributed by atoms with van der Waals surface area (Å²) in [5.74, 6) is 0.784. The lowest BCUT2D eigenvalue weighted by Crippen LogP contribution is -2.37. The lowest BCUT2D eigenvalue weighted by Gasteiger charge is -2.36. The highest BCUT2D eigenvalue weighted by atomic mass is 35.5. The zero-order valence-electron chi connectivity index (χ0n) is 16.5. The Labute approximate surface area is 166 Å². The van der Waals surface area contributed by atoms with E-state index in [1.165, 1.54) is 0 Å². The number of benzene rings is 1. The van der Waals surface area contributed by atoms with Crippen molar-refractivity contribution in [2.24, 2.45) is 17.8 Å². The van der Waals surface area contributed by atoms with Crippen molar-refractivity contribution in [1.29, 1.82) is 0 Å². The molecule has 0 bridgehead atoms. The summed E-state index contributed by atoms with van der Waals surface area (Å²) >= 11 is 5.88. The summed E-state index contributed by atoms with van der Waals surface area (Å²) in [6, 6.07) is 5.12. The van der Waals surface area contributed by atoms with E-state index in [0.717, 1.165) is 24.8 Å². The Balaban J connectivity index is 1.76. The molecular formula is C21H29ClO5. The van der Waals surface area contributed by atoms with Crippen LogP contribution in [0.4, 0.5) is 0 Å². The van der Waals surface area contributed by atoms with Crippen molar-refractivity contribution in [3.05, 3.63) is 28.8 Å². The van der Waals surface area contributed by atoms with E-state index in [4.69, 9.17) is 25.8 Å². The Morgan fingerprint density at radius 3 is 2.59 bits per heavy atom. The standard InChI is InChI=1S/C21H29ClO5/c1-13(2)17-7-5-14(3)9-19(17)27-21(24)12-26-20(23)11-25-18-8-6-16(22)10-15(18)4/h6,8,10,13-14,17,19H,5,7,9,11-12H2,1-4H3/t14-,17+,19-/m1/s1. The van der Waals surface area contributed by atoms with Crippen LogP contribution in [0.3, 0.4) is 0 Å². The Hall–Kier alpha value is -1.75. The van der Waals surface area contributed by atoms with Gasteiger partial charge in [0.15, 0.2) is 13.2 Å². The van der Waals surface area contributed by atoms with E-state index in [1.807, 2.05) is 6.92 Å². The molecule has 0 saturated heterocycles. The molecule has 1 fully saturated rings. The van der Waals surface area contributed by atoms with Gasteiger partial charge in [-0.25, -0.2) is 9.59 Å². The largest absolute Gasteiger partial charge is 0.482 e. The molecule has 0 radical (unpaired) electrons. The number of esters is 2. The zero-order valence-corrected chi connectivity index (χ0v) is 17.3. The van der Waals surface area contributed by atoms with Gasteiger partial charge in [-0.15, -0.1) is 0 Å². The van der Waals surface area contributed by atoms with E-state index >= 15 is 0 Å². The normalized spacial score (nSPS) is 22.4. The third-order valence-electron chi connectivity index (χ3n) is 5.08. The molecule has 3 atom stereocenters. The molecule has 1 aliphatic carbocycles. The van der Waals surface area contributed by atoms with Crippen LogP contribution in [0.15, 0.2) is 18.2 Å². The third-order valence-corrected chi connectivity index (χ3v) is 5.31. The first-order valence-electron chi connectivity index (χ1n) is 9.50. The fourth-order valence-electron chi connectivity index (χ4n) is 3.55. The highest BCUT2D eigenvalue weighted by Crippen LogP contribution is 2.35. The molecule has 1 aliphatic rings. The summed E-state index contributed by atoms with van der Waals surface area (Å²) in [6.45, 7) is 7.64. The highest BCUT2D eigenvalue weighted by molar-refractivity contribution is 6.30. The summed E-state index contributed by atoms with van der Waals surface area (Å²) in [5.41, 5.74) is 0.820. The van der Waals surface area contributed by atoms with Gasteiger partial charge in [-0.1, -0.05) is 38.8 Å². The van der Waals surface area contributed by atoms with Crippen LogP contribution in [0.5, 0.6) is 5.75 Å². The number of ether oxygens (including phenoxy) is 3. The quantitative estimate of drug-likeness (QED) is 0.631. The molecule has 0 heterocycles. The van der Waals surface area contributed by atoms with Crippen molar-refractivity contribution in [1.82, 2.24) is 0 Å². The Morgan fingerprint density at radius 1 is 1.19 bits per heavy atom. The molecular weight excluding hydrogens is 368 g/mol. The molecule has 1 aromatic carbocycles. The number of hydrogen-bond donors (Lipinski definition) is 0. The van der Waals surface area contributed by atoms with E-state index in [-0.39, 0.29) is 12.7 Å². The number of hydrogen-bond acceptors (Lipinski definition) is 5. The molecule has 6 heteroatoms. The predicted octanol–water partition coefficient (Wildman–Crippen LogP) is 4.57. The fraction of sp³-hybridized carbons (Fsp3) is 0.619. The van der Waals surface area contributed by atoms with Crippen molar-refractivity contribution in [2.75, 3.05) is 13.2 Å². The minimum atomic E-state index is -0.612. The maximum absolute atomic E-state index is 12.1. The minimum Gasteiger partial charge on any atom is -0.482 e. The number of rotatable bonds is 7. The van der Waals surface area contributed by atoms with Crippen molar-refractivity contribution < 1.29 is 23.8 Å². The molecule has 0 N–H and O–H groups in total. The van der Waals surface area contributed by atoms with Crippen LogP contribution in [0.25, 0.3) is 0 Å². The van der Waals surface area contributed by atoms with E-state index < -0.39 is 18.5 Å². The average Bonchev–Trinajstić information content (AvgIpc) is 2.59. The van der Waals surface area contributed by atoms with Gasteiger partial charge in [-0.3, -0.25) is 0 Å². The molecule has 0 aromatic heterocycles. The molecule has 0 aliphatic heterocycles. The van der Waals surface area contributed by atoms with Gasteiger partial charge in [0.2, 0.25) is 0 Å². The van der Waals surface area contributed by atoms with Gasteiger partial charge in [0.05, 0.1) is 0 Å². The molecule has 27 heavy (non-hydrogen) atoms. The fourth-order valence-corrected chi connectivity index (χ4v) is 3.77. The Morgan fingerprint density at radius 2 is 1.93 bits per heavy atom. The summed E-state index contributed by atoms with van der Waals surface area (Å²) in [6.07, 6.45) is 2.98. The van der Waals surface area contributed by atoms with Crippen LogP contribution in [0, 0.1) is 24.7 Å². The number of carbonyl (C=O) groups is 2. The van der Waals surface area contributed by atoms with Gasteiger partial charge in [0, 0.05) is 5.02 Å². The van der Waals surface area contributed by atoms with Crippen LogP contribution >= 0.6 is 11.6 Å². The van der Waals surface area contributed by atoms with E-state index in [0.29, 0.717) is 28.5 Å². The zero-order chi connectivity index (χ0) is 20.0. The van der Waals surface area contributed by atoms with Crippen molar-refractivity contribution in [3.63, 3.8) is 0 Å². The van der Waals surface area contributed by atoms with Crippen molar-refractivity contribution in [2.45, 2.75) is 53.1 Å². The lowest BCUT2D eigenvalue weighted by molar-refractivity contribution is -0.167. The molecule has 0 amide bonds. The van der Waals surface area contributed by atoms with E-state index in [1.54, 1.807) is 18.2 Å². The second-order valence-electron chi connectivity index (χ2n) is 7.71. The summed E-state index contributed by atoms with van der Waals surface area (Å²) in [7, 11) is 0. The predicted molar refractivity (Wildman–Crippen MR) is 104 cm³/mol. The summed E-state index contributed by atoms with van der Waals surface area (Å²) < 4.78 is 16.0. The first kappa shape index (κ1) is 21.5. The topological polar surface area (TPSA) is 61.8 Å². The van der Waals surface area contributed by atoms with E-state index in [9.17, 15) is 9.59 Å². The molecule has 150 valence electrons. The number of carbonyl (C=O) groups excluding carboxylic acids is 2. The van der Waals surface area contributed by atoms with Gasteiger partial charge in [0.1, 0.15) is 11.9 Å². The van der Waals surface area contributed by atoms with Crippen molar-refractivity contribution in [3.8, 4) is 5.75 Å². The summed E-state index contributed by atoms with van der Waals surface area (Å²) in [4.78, 5) is 23.9. The lowest BCUT2D eigenvalue weighted by atomic mass is 9.75. The maximum Gasteiger partial charge on any atom is 0.344 e. The number of halogens is 1. The first-order valence-corrected chi connectivity index (χ1v) is 9.88. The van der Waals surface area contributed by atoms with E-state index in [2.05, 4.69) is 20.8 Å². The van der Waals surface area contributed by atoms with Crippen LogP contribution in [-0.4, -0.2) is 31.3 Å². The smallest absolute Gasteiger partial charge is 0.344 e. The second-order valence-corrected chi connectivity index (χ2v) is 8.15. The second kappa shape index (κ2) is 9.98. The van der Waals surface area contributed by atoms with Gasteiger partial charge >= 0.3 is 11.9 Å². The summed E-state index contributed by atoms with van der Waals surface area (Å²) in [5, 5.41) is 0.599. The highest BCUT2D eigenvalue weighted by Gasteiger charge is 2.33. The van der Waals surface area contributed by atoms with Crippen LogP contribution in [-0.2, 0) is 19.1 Å². The maximum atomic E-state index is 12.1. The molecule has 5 nitrogen and oxygen atoms in total. The molecule has 0 unspecified atom stereocenters.